The Morgan fingerprint density at radius 3 is 2.39 bits per heavy atom. The molecule has 0 aliphatic rings. The highest BCUT2D eigenvalue weighted by Crippen LogP contribution is 2.26. The largest absolute Gasteiger partial charge is 0.497 e. The van der Waals surface area contributed by atoms with Gasteiger partial charge in [0.25, 0.3) is 0 Å². The molecule has 23 heavy (non-hydrogen) atoms. The van der Waals surface area contributed by atoms with Gasteiger partial charge in [-0.05, 0) is 23.8 Å². The van der Waals surface area contributed by atoms with Gasteiger partial charge in [0.15, 0.2) is 0 Å². The van der Waals surface area contributed by atoms with E-state index in [1.54, 1.807) is 13.2 Å². The Bertz CT molecular complexity index is 853. The minimum absolute atomic E-state index is 0.522. The number of nitrogens with zero attached hydrogens (tertiary/aromatic N) is 1. The molecule has 0 fully saturated rings. The maximum absolute atomic E-state index is 9.28. The summed E-state index contributed by atoms with van der Waals surface area (Å²) in [5, 5.41) is 9.28. The highest BCUT2D eigenvalue weighted by atomic mass is 16.5. The van der Waals surface area contributed by atoms with Gasteiger partial charge in [-0.3, -0.25) is 0 Å². The van der Waals surface area contributed by atoms with Gasteiger partial charge in [0, 0.05) is 11.6 Å². The van der Waals surface area contributed by atoms with Crippen molar-refractivity contribution >= 4 is 12.2 Å². The Balaban J connectivity index is 1.89. The van der Waals surface area contributed by atoms with Gasteiger partial charge >= 0.3 is 0 Å². The predicted molar refractivity (Wildman–Crippen MR) is 90.8 cm³/mol. The number of methoxy groups -OCH3 is 1. The van der Waals surface area contributed by atoms with Crippen molar-refractivity contribution in [2.45, 2.75) is 0 Å². The molecule has 112 valence electrons. The van der Waals surface area contributed by atoms with Crippen molar-refractivity contribution in [1.82, 2.24) is 0 Å². The normalized spacial score (nSPS) is 10.6. The van der Waals surface area contributed by atoms with Crippen LogP contribution < -0.4 is 4.74 Å². The predicted octanol–water partition coefficient (Wildman–Crippen LogP) is 5.00. The van der Waals surface area contributed by atoms with E-state index in [4.69, 9.17) is 9.15 Å². The molecule has 0 N–H and O–H groups in total. The average Bonchev–Trinajstić information content (AvgIpc) is 3.04. The van der Waals surface area contributed by atoms with E-state index in [0.29, 0.717) is 17.1 Å². The molecule has 0 saturated carbocycles. The third-order valence-corrected chi connectivity index (χ3v) is 3.48. The zero-order chi connectivity index (χ0) is 16.1. The van der Waals surface area contributed by atoms with Crippen molar-refractivity contribution < 1.29 is 9.15 Å². The van der Waals surface area contributed by atoms with Crippen LogP contribution in [0, 0.1) is 11.3 Å². The molecule has 0 aliphatic carbocycles. The Labute approximate surface area is 135 Å². The summed E-state index contributed by atoms with van der Waals surface area (Å²) < 4.78 is 11.0. The first-order valence-corrected chi connectivity index (χ1v) is 7.21. The van der Waals surface area contributed by atoms with Crippen LogP contribution in [-0.2, 0) is 0 Å². The summed E-state index contributed by atoms with van der Waals surface area (Å²) in [6.45, 7) is 0. The van der Waals surface area contributed by atoms with Gasteiger partial charge in [0.05, 0.1) is 12.7 Å². The van der Waals surface area contributed by atoms with Crippen molar-refractivity contribution in [3.8, 4) is 23.1 Å². The Kier molecular flexibility index (Phi) is 4.26. The molecule has 3 nitrogen and oxygen atoms in total. The summed E-state index contributed by atoms with van der Waals surface area (Å²) in [5.74, 6) is 2.06. The smallest absolute Gasteiger partial charge is 0.145 e. The summed E-state index contributed by atoms with van der Waals surface area (Å²) in [4.78, 5) is 0. The average molecular weight is 301 g/mol. The quantitative estimate of drug-likeness (QED) is 0.681. The monoisotopic (exact) mass is 301 g/mol. The lowest BCUT2D eigenvalue weighted by Gasteiger charge is -1.98. The molecule has 3 rings (SSSR count). The summed E-state index contributed by atoms with van der Waals surface area (Å²) in [5.41, 5.74) is 2.48. The van der Waals surface area contributed by atoms with Gasteiger partial charge < -0.3 is 9.15 Å². The summed E-state index contributed by atoms with van der Waals surface area (Å²) in [7, 11) is 1.64. The van der Waals surface area contributed by atoms with Crippen LogP contribution in [0.2, 0.25) is 0 Å². The molecule has 0 spiro atoms. The number of ether oxygens (including phenoxy) is 1. The highest BCUT2D eigenvalue weighted by Gasteiger charge is 2.09. The third kappa shape index (κ3) is 3.33. The first kappa shape index (κ1) is 14.7. The van der Waals surface area contributed by atoms with Crippen LogP contribution in [0.25, 0.3) is 23.5 Å². The maximum atomic E-state index is 9.28. The SMILES string of the molecule is COc1ccc(/C=C/c2oc(-c3ccccc3)cc2C#N)cc1. The van der Waals surface area contributed by atoms with E-state index in [1.165, 1.54) is 0 Å². The molecule has 0 atom stereocenters. The second kappa shape index (κ2) is 6.67. The van der Waals surface area contributed by atoms with Crippen molar-refractivity contribution in [1.29, 1.82) is 5.26 Å². The Morgan fingerprint density at radius 2 is 1.74 bits per heavy atom. The van der Waals surface area contributed by atoms with Gasteiger partial charge in [0.1, 0.15) is 23.3 Å². The summed E-state index contributed by atoms with van der Waals surface area (Å²) in [6.07, 6.45) is 3.72. The maximum Gasteiger partial charge on any atom is 0.145 e. The fourth-order valence-electron chi connectivity index (χ4n) is 2.25. The third-order valence-electron chi connectivity index (χ3n) is 3.48. The van der Waals surface area contributed by atoms with Crippen LogP contribution in [-0.4, -0.2) is 7.11 Å². The molecule has 1 heterocycles. The number of furan rings is 1. The number of nitriles is 1. The van der Waals surface area contributed by atoms with Gasteiger partial charge in [0.2, 0.25) is 0 Å². The number of hydrogen-bond acceptors (Lipinski definition) is 3. The van der Waals surface area contributed by atoms with Crippen molar-refractivity contribution in [3.63, 3.8) is 0 Å². The standard InChI is InChI=1S/C20H15NO2/c1-22-18-10-7-15(8-11-18)9-12-19-17(14-21)13-20(23-19)16-5-3-2-4-6-16/h2-13H,1H3/b12-9+. The van der Waals surface area contributed by atoms with E-state index in [0.717, 1.165) is 16.9 Å². The first-order chi connectivity index (χ1) is 11.3. The molecule has 3 aromatic rings. The molecule has 0 saturated heterocycles. The van der Waals surface area contributed by atoms with E-state index in [9.17, 15) is 5.26 Å². The van der Waals surface area contributed by atoms with Gasteiger partial charge in [-0.25, -0.2) is 0 Å². The molecule has 0 unspecified atom stereocenters. The minimum Gasteiger partial charge on any atom is -0.497 e. The van der Waals surface area contributed by atoms with Crippen LogP contribution in [0.3, 0.4) is 0 Å². The van der Waals surface area contributed by atoms with E-state index < -0.39 is 0 Å². The minimum atomic E-state index is 0.522. The van der Waals surface area contributed by atoms with E-state index in [2.05, 4.69) is 6.07 Å². The van der Waals surface area contributed by atoms with Crippen molar-refractivity contribution in [3.05, 3.63) is 77.6 Å². The Morgan fingerprint density at radius 1 is 1.00 bits per heavy atom. The van der Waals surface area contributed by atoms with Crippen LogP contribution >= 0.6 is 0 Å². The molecule has 3 heteroatoms. The molecular weight excluding hydrogens is 286 g/mol. The van der Waals surface area contributed by atoms with E-state index >= 15 is 0 Å². The first-order valence-electron chi connectivity index (χ1n) is 7.21. The van der Waals surface area contributed by atoms with Crippen LogP contribution in [0.5, 0.6) is 5.75 Å². The molecule has 1 aromatic heterocycles. The van der Waals surface area contributed by atoms with Gasteiger partial charge in [-0.15, -0.1) is 0 Å². The van der Waals surface area contributed by atoms with Crippen LogP contribution in [0.4, 0.5) is 0 Å². The lowest BCUT2D eigenvalue weighted by molar-refractivity contribution is 0.415. The topological polar surface area (TPSA) is 46.2 Å². The second-order valence-electron chi connectivity index (χ2n) is 4.97. The van der Waals surface area contributed by atoms with Gasteiger partial charge in [-0.1, -0.05) is 48.5 Å². The number of benzene rings is 2. The molecular formula is C20H15NO2. The molecule has 0 aliphatic heterocycles. The fourth-order valence-corrected chi connectivity index (χ4v) is 2.25. The number of rotatable bonds is 4. The second-order valence-corrected chi connectivity index (χ2v) is 4.97. The highest BCUT2D eigenvalue weighted by molar-refractivity contribution is 5.72. The van der Waals surface area contributed by atoms with E-state index in [-0.39, 0.29) is 0 Å². The molecule has 2 aromatic carbocycles. The summed E-state index contributed by atoms with van der Waals surface area (Å²) in [6, 6.07) is 21.4. The van der Waals surface area contributed by atoms with Crippen molar-refractivity contribution in [2.24, 2.45) is 0 Å². The zero-order valence-corrected chi connectivity index (χ0v) is 12.7. The lowest BCUT2D eigenvalue weighted by atomic mass is 10.1. The number of hydrogen-bond donors (Lipinski definition) is 0. The van der Waals surface area contributed by atoms with Crippen LogP contribution in [0.15, 0.2) is 65.1 Å². The van der Waals surface area contributed by atoms with Crippen molar-refractivity contribution in [2.75, 3.05) is 7.11 Å². The molecule has 0 amide bonds. The Hall–Kier alpha value is -3.25. The van der Waals surface area contributed by atoms with Crippen LogP contribution in [0.1, 0.15) is 16.9 Å². The van der Waals surface area contributed by atoms with E-state index in [1.807, 2.05) is 66.7 Å². The molecule has 0 bridgehead atoms. The fraction of sp³-hybridized carbons (Fsp3) is 0.0500. The summed E-state index contributed by atoms with van der Waals surface area (Å²) >= 11 is 0. The lowest BCUT2D eigenvalue weighted by Crippen LogP contribution is -1.81. The molecule has 0 radical (unpaired) electrons. The zero-order valence-electron chi connectivity index (χ0n) is 12.7. The van der Waals surface area contributed by atoms with Gasteiger partial charge in [-0.2, -0.15) is 5.26 Å².